The van der Waals surface area contributed by atoms with Gasteiger partial charge in [-0.05, 0) is 46.2 Å². The van der Waals surface area contributed by atoms with Crippen LogP contribution in [0, 0.1) is 0 Å². The Morgan fingerprint density at radius 3 is 1.98 bits per heavy atom. The van der Waals surface area contributed by atoms with Crippen molar-refractivity contribution in [3.8, 4) is 0 Å². The third-order valence-corrected chi connectivity index (χ3v) is 8.85. The number of carbonyl (C=O) groups excluding carboxylic acids is 2. The Labute approximate surface area is 275 Å². The van der Waals surface area contributed by atoms with E-state index in [1.165, 1.54) is 12.3 Å². The monoisotopic (exact) mass is 642 g/mol. The molecule has 1 heterocycles. The van der Waals surface area contributed by atoms with Gasteiger partial charge in [-0.25, -0.2) is 0 Å². The van der Waals surface area contributed by atoms with Crippen LogP contribution >= 0.6 is 11.8 Å². The summed E-state index contributed by atoms with van der Waals surface area (Å²) in [6.07, 6.45) is -2.41. The van der Waals surface area contributed by atoms with Crippen LogP contribution in [-0.4, -0.2) is 54.0 Å². The number of fused-ring (bicyclic) bond motifs is 1. The topological polar surface area (TPSA) is 80.3 Å². The zero-order valence-corrected chi connectivity index (χ0v) is 27.2. The SMILES string of the molecule is CCS[C@@H]1O[C@H](COCc2ccc3ccccc3c2)[C@@H](OCc2ccccc2)[C@H](OCc2ccccc2)[C@H]1OC(=O)CCC(C)=O. The van der Waals surface area contributed by atoms with E-state index in [9.17, 15) is 9.59 Å². The second kappa shape index (κ2) is 17.4. The van der Waals surface area contributed by atoms with Gasteiger partial charge in [-0.15, -0.1) is 11.8 Å². The fraction of sp³-hybridized carbons (Fsp3) is 0.368. The Hall–Kier alpha value is -3.53. The molecule has 1 aliphatic heterocycles. The van der Waals surface area contributed by atoms with Crippen molar-refractivity contribution in [1.82, 2.24) is 0 Å². The number of ether oxygens (including phenoxy) is 5. The van der Waals surface area contributed by atoms with E-state index in [4.69, 9.17) is 23.7 Å². The zero-order chi connectivity index (χ0) is 32.1. The first-order chi connectivity index (χ1) is 22.5. The molecular weight excluding hydrogens is 600 g/mol. The third kappa shape index (κ3) is 9.74. The fourth-order valence-corrected chi connectivity index (χ4v) is 6.42. The molecule has 1 fully saturated rings. The molecule has 0 amide bonds. The highest BCUT2D eigenvalue weighted by atomic mass is 32.2. The summed E-state index contributed by atoms with van der Waals surface area (Å²) in [7, 11) is 0. The van der Waals surface area contributed by atoms with Crippen molar-refractivity contribution in [2.24, 2.45) is 0 Å². The van der Waals surface area contributed by atoms with Crippen LogP contribution in [0.1, 0.15) is 43.4 Å². The van der Waals surface area contributed by atoms with Crippen LogP contribution in [-0.2, 0) is 53.1 Å². The number of esters is 1. The minimum absolute atomic E-state index is 0.00537. The quantitative estimate of drug-likeness (QED) is 0.118. The minimum Gasteiger partial charge on any atom is -0.456 e. The lowest BCUT2D eigenvalue weighted by Gasteiger charge is -2.45. The van der Waals surface area contributed by atoms with Crippen molar-refractivity contribution in [2.45, 2.75) is 76.4 Å². The highest BCUT2D eigenvalue weighted by Crippen LogP contribution is 2.35. The number of benzene rings is 4. The molecule has 1 saturated heterocycles. The summed E-state index contributed by atoms with van der Waals surface area (Å²) in [5, 5.41) is 2.34. The van der Waals surface area contributed by atoms with E-state index < -0.39 is 35.8 Å². The average molecular weight is 643 g/mol. The predicted molar refractivity (Wildman–Crippen MR) is 180 cm³/mol. The van der Waals surface area contributed by atoms with Crippen LogP contribution < -0.4 is 0 Å². The minimum atomic E-state index is -0.759. The fourth-order valence-electron chi connectivity index (χ4n) is 5.47. The molecule has 8 heteroatoms. The van der Waals surface area contributed by atoms with Crippen molar-refractivity contribution < 1.29 is 33.3 Å². The number of hydrogen-bond donors (Lipinski definition) is 0. The molecule has 7 nitrogen and oxygen atoms in total. The standard InChI is InChI=1S/C38H42O7S/c1-3-46-38-37(45-34(40)21-18-27(2)39)36(43-25-29-14-8-5-9-15-29)35(42-24-28-12-6-4-7-13-28)33(44-38)26-41-23-30-19-20-31-16-10-11-17-32(31)22-30/h4-17,19-20,22,33,35-38H,3,18,21,23-26H2,1-2H3/t33-,35-,36+,37-,38+/m1/s1. The van der Waals surface area contributed by atoms with E-state index in [2.05, 4.69) is 30.3 Å². The molecule has 5 rings (SSSR count). The third-order valence-electron chi connectivity index (χ3n) is 7.81. The van der Waals surface area contributed by atoms with Crippen LogP contribution in [0.4, 0.5) is 0 Å². The number of hydrogen-bond acceptors (Lipinski definition) is 8. The molecule has 1 aliphatic rings. The van der Waals surface area contributed by atoms with Gasteiger partial charge in [-0.2, -0.15) is 0 Å². The first-order valence-corrected chi connectivity index (χ1v) is 16.9. The Bertz CT molecular complexity index is 1530. The van der Waals surface area contributed by atoms with Crippen molar-refractivity contribution in [1.29, 1.82) is 0 Å². The number of Topliss-reactive ketones (excluding diaryl/α,β-unsaturated/α-hetero) is 1. The number of thioether (sulfide) groups is 1. The van der Waals surface area contributed by atoms with Crippen LogP contribution in [0.15, 0.2) is 103 Å². The predicted octanol–water partition coefficient (Wildman–Crippen LogP) is 7.29. The highest BCUT2D eigenvalue weighted by molar-refractivity contribution is 7.99. The van der Waals surface area contributed by atoms with Gasteiger partial charge in [0.05, 0.1) is 32.8 Å². The molecule has 46 heavy (non-hydrogen) atoms. The molecule has 0 bridgehead atoms. The Kier molecular flexibility index (Phi) is 12.8. The molecule has 4 aromatic carbocycles. The van der Waals surface area contributed by atoms with Crippen LogP contribution in [0.3, 0.4) is 0 Å². The number of carbonyl (C=O) groups is 2. The van der Waals surface area contributed by atoms with Gasteiger partial charge in [-0.1, -0.05) is 104 Å². The lowest BCUT2D eigenvalue weighted by molar-refractivity contribution is -0.249. The van der Waals surface area contributed by atoms with Crippen LogP contribution in [0.2, 0.25) is 0 Å². The Balaban J connectivity index is 1.39. The lowest BCUT2D eigenvalue weighted by Crippen LogP contribution is -2.60. The maximum Gasteiger partial charge on any atom is 0.306 e. The molecule has 0 unspecified atom stereocenters. The summed E-state index contributed by atoms with van der Waals surface area (Å²) >= 11 is 1.55. The van der Waals surface area contributed by atoms with Gasteiger partial charge in [0.25, 0.3) is 0 Å². The summed E-state index contributed by atoms with van der Waals surface area (Å²) in [6.45, 7) is 4.77. The number of ketones is 1. The normalized spacial score (nSPS) is 21.2. The molecular formula is C38H42O7S. The second-order valence-electron chi connectivity index (χ2n) is 11.4. The van der Waals surface area contributed by atoms with Gasteiger partial charge in [0, 0.05) is 6.42 Å². The summed E-state index contributed by atoms with van der Waals surface area (Å²) in [5.74, 6) is 0.199. The largest absolute Gasteiger partial charge is 0.456 e. The lowest BCUT2D eigenvalue weighted by atomic mass is 9.98. The summed E-state index contributed by atoms with van der Waals surface area (Å²) in [4.78, 5) is 24.6. The molecule has 0 aromatic heterocycles. The van der Waals surface area contributed by atoms with E-state index >= 15 is 0 Å². The molecule has 5 atom stereocenters. The van der Waals surface area contributed by atoms with Gasteiger partial charge < -0.3 is 28.5 Å². The summed E-state index contributed by atoms with van der Waals surface area (Å²) < 4.78 is 32.2. The Morgan fingerprint density at radius 1 is 0.696 bits per heavy atom. The first kappa shape index (κ1) is 33.8. The van der Waals surface area contributed by atoms with Crippen molar-refractivity contribution in [2.75, 3.05) is 12.4 Å². The van der Waals surface area contributed by atoms with Gasteiger partial charge in [-0.3, -0.25) is 4.79 Å². The van der Waals surface area contributed by atoms with Crippen LogP contribution in [0.5, 0.6) is 0 Å². The van der Waals surface area contributed by atoms with E-state index in [-0.39, 0.29) is 25.2 Å². The molecule has 0 spiro atoms. The maximum absolute atomic E-state index is 13.0. The van der Waals surface area contributed by atoms with Crippen molar-refractivity contribution >= 4 is 34.3 Å². The van der Waals surface area contributed by atoms with E-state index in [0.717, 1.165) is 27.8 Å². The average Bonchev–Trinajstić information content (AvgIpc) is 3.08. The van der Waals surface area contributed by atoms with Crippen molar-refractivity contribution in [3.05, 3.63) is 120 Å². The van der Waals surface area contributed by atoms with E-state index in [0.29, 0.717) is 19.8 Å². The van der Waals surface area contributed by atoms with Gasteiger partial charge in [0.1, 0.15) is 29.5 Å². The molecule has 242 valence electrons. The summed E-state index contributed by atoms with van der Waals surface area (Å²) in [6, 6.07) is 34.3. The van der Waals surface area contributed by atoms with Gasteiger partial charge in [0.2, 0.25) is 0 Å². The van der Waals surface area contributed by atoms with E-state index in [1.54, 1.807) is 11.8 Å². The van der Waals surface area contributed by atoms with E-state index in [1.807, 2.05) is 79.7 Å². The number of rotatable bonds is 16. The highest BCUT2D eigenvalue weighted by Gasteiger charge is 2.49. The smallest absolute Gasteiger partial charge is 0.306 e. The molecule has 0 aliphatic carbocycles. The summed E-state index contributed by atoms with van der Waals surface area (Å²) in [5.41, 5.74) is 2.53. The molecule has 0 saturated carbocycles. The first-order valence-electron chi connectivity index (χ1n) is 15.8. The molecule has 0 N–H and O–H groups in total. The zero-order valence-electron chi connectivity index (χ0n) is 26.4. The Morgan fingerprint density at radius 2 is 1.33 bits per heavy atom. The van der Waals surface area contributed by atoms with Gasteiger partial charge in [0.15, 0.2) is 6.10 Å². The maximum atomic E-state index is 13.0. The van der Waals surface area contributed by atoms with Crippen LogP contribution in [0.25, 0.3) is 10.8 Å². The second-order valence-corrected chi connectivity index (χ2v) is 12.7. The van der Waals surface area contributed by atoms with Crippen molar-refractivity contribution in [3.63, 3.8) is 0 Å². The molecule has 4 aromatic rings. The van der Waals surface area contributed by atoms with Gasteiger partial charge >= 0.3 is 5.97 Å². The molecule has 0 radical (unpaired) electrons.